The Kier molecular flexibility index (Phi) is 5.96. The number of hydrogen-bond acceptors (Lipinski definition) is 3. The first-order valence-electron chi connectivity index (χ1n) is 5.44. The van der Waals surface area contributed by atoms with Crippen LogP contribution in [0.5, 0.6) is 0 Å². The van der Waals surface area contributed by atoms with Crippen molar-refractivity contribution in [2.45, 2.75) is 18.2 Å². The molecule has 1 aromatic carbocycles. The lowest BCUT2D eigenvalue weighted by Gasteiger charge is -2.04. The van der Waals surface area contributed by atoms with Crippen molar-refractivity contribution in [3.8, 4) is 0 Å². The fourth-order valence-electron chi connectivity index (χ4n) is 1.33. The Morgan fingerprint density at radius 1 is 1.38 bits per heavy atom. The number of carbonyl (C=O) groups is 1. The molecule has 0 radical (unpaired) electrons. The number of rotatable bonds is 6. The Hall–Kier alpha value is -1.00. The summed E-state index contributed by atoms with van der Waals surface area (Å²) >= 11 is 1.80. The van der Waals surface area contributed by atoms with Crippen molar-refractivity contribution >= 4 is 17.7 Å². The molecule has 0 bridgehead atoms. The van der Waals surface area contributed by atoms with E-state index in [0.717, 1.165) is 11.3 Å². The highest BCUT2D eigenvalue weighted by molar-refractivity contribution is 7.99. The van der Waals surface area contributed by atoms with Crippen LogP contribution in [0.3, 0.4) is 0 Å². The maximum atomic E-state index is 11.4. The largest absolute Gasteiger partial charge is 0.355 e. The third kappa shape index (κ3) is 4.68. The van der Waals surface area contributed by atoms with Crippen molar-refractivity contribution in [2.24, 2.45) is 5.73 Å². The van der Waals surface area contributed by atoms with Crippen molar-refractivity contribution in [1.82, 2.24) is 5.32 Å². The zero-order valence-corrected chi connectivity index (χ0v) is 10.3. The van der Waals surface area contributed by atoms with Crippen LogP contribution >= 0.6 is 11.8 Å². The molecule has 16 heavy (non-hydrogen) atoms. The van der Waals surface area contributed by atoms with Gasteiger partial charge in [0.05, 0.1) is 6.42 Å². The van der Waals surface area contributed by atoms with Gasteiger partial charge in [0.1, 0.15) is 0 Å². The van der Waals surface area contributed by atoms with Crippen molar-refractivity contribution in [3.63, 3.8) is 0 Å². The van der Waals surface area contributed by atoms with Gasteiger partial charge < -0.3 is 11.1 Å². The number of nitrogens with two attached hydrogens (primary N) is 1. The molecule has 0 heterocycles. The van der Waals surface area contributed by atoms with Crippen molar-refractivity contribution < 1.29 is 4.79 Å². The molecule has 88 valence electrons. The minimum absolute atomic E-state index is 0.0290. The maximum absolute atomic E-state index is 11.4. The molecule has 1 amide bonds. The summed E-state index contributed by atoms with van der Waals surface area (Å²) in [4.78, 5) is 12.7. The van der Waals surface area contributed by atoms with E-state index in [-0.39, 0.29) is 5.91 Å². The smallest absolute Gasteiger partial charge is 0.224 e. The van der Waals surface area contributed by atoms with Gasteiger partial charge in [0.2, 0.25) is 5.91 Å². The Labute approximate surface area is 101 Å². The highest BCUT2D eigenvalue weighted by Crippen LogP contribution is 2.17. The molecule has 0 aliphatic rings. The standard InChI is InChI=1S/C12H18N2OS/c1-2-16-11-5-3-10(4-6-11)9-12(15)14-8-7-13/h3-6H,2,7-9,13H2,1H3,(H,14,15). The third-order valence-electron chi connectivity index (χ3n) is 2.07. The van der Waals surface area contributed by atoms with Gasteiger partial charge in [-0.05, 0) is 23.4 Å². The molecule has 0 saturated heterocycles. The number of nitrogens with one attached hydrogen (secondary N) is 1. The van der Waals surface area contributed by atoms with Gasteiger partial charge in [-0.15, -0.1) is 11.8 Å². The molecular formula is C12H18N2OS. The molecule has 0 fully saturated rings. The summed E-state index contributed by atoms with van der Waals surface area (Å²) in [6, 6.07) is 8.11. The van der Waals surface area contributed by atoms with E-state index in [1.165, 1.54) is 4.90 Å². The molecule has 0 spiro atoms. The van der Waals surface area contributed by atoms with E-state index in [4.69, 9.17) is 5.73 Å². The first-order chi connectivity index (χ1) is 7.76. The average Bonchev–Trinajstić information content (AvgIpc) is 2.29. The third-order valence-corrected chi connectivity index (χ3v) is 2.96. The Bertz CT molecular complexity index is 324. The lowest BCUT2D eigenvalue weighted by atomic mass is 10.1. The molecule has 0 saturated carbocycles. The van der Waals surface area contributed by atoms with Gasteiger partial charge >= 0.3 is 0 Å². The molecule has 1 rings (SSSR count). The van der Waals surface area contributed by atoms with Gasteiger partial charge in [-0.3, -0.25) is 4.79 Å². The Morgan fingerprint density at radius 3 is 2.62 bits per heavy atom. The second-order valence-corrected chi connectivity index (χ2v) is 4.73. The maximum Gasteiger partial charge on any atom is 0.224 e. The second kappa shape index (κ2) is 7.30. The van der Waals surface area contributed by atoms with Gasteiger partial charge in [0, 0.05) is 18.0 Å². The number of hydrogen-bond donors (Lipinski definition) is 2. The van der Waals surface area contributed by atoms with Gasteiger partial charge in [0.15, 0.2) is 0 Å². The average molecular weight is 238 g/mol. The van der Waals surface area contributed by atoms with Crippen LogP contribution in [0.1, 0.15) is 12.5 Å². The van der Waals surface area contributed by atoms with Crippen molar-refractivity contribution in [2.75, 3.05) is 18.8 Å². The van der Waals surface area contributed by atoms with Gasteiger partial charge in [0.25, 0.3) is 0 Å². The van der Waals surface area contributed by atoms with Gasteiger partial charge in [-0.25, -0.2) is 0 Å². The molecule has 0 aromatic heterocycles. The van der Waals surface area contributed by atoms with Crippen molar-refractivity contribution in [1.29, 1.82) is 0 Å². The lowest BCUT2D eigenvalue weighted by Crippen LogP contribution is -2.30. The second-order valence-electron chi connectivity index (χ2n) is 3.39. The molecule has 1 aromatic rings. The minimum Gasteiger partial charge on any atom is -0.355 e. The number of carbonyl (C=O) groups excluding carboxylic acids is 1. The van der Waals surface area contributed by atoms with Gasteiger partial charge in [-0.1, -0.05) is 19.1 Å². The molecule has 3 N–H and O–H groups in total. The number of benzene rings is 1. The number of amides is 1. The fraction of sp³-hybridized carbons (Fsp3) is 0.417. The molecular weight excluding hydrogens is 220 g/mol. The highest BCUT2D eigenvalue weighted by Gasteiger charge is 2.02. The topological polar surface area (TPSA) is 55.1 Å². The van der Waals surface area contributed by atoms with E-state index in [2.05, 4.69) is 24.4 Å². The summed E-state index contributed by atoms with van der Waals surface area (Å²) in [5.74, 6) is 1.09. The lowest BCUT2D eigenvalue weighted by molar-refractivity contribution is -0.120. The molecule has 0 aliphatic carbocycles. The fourth-order valence-corrected chi connectivity index (χ4v) is 1.99. The summed E-state index contributed by atoms with van der Waals surface area (Å²) in [5, 5.41) is 2.75. The summed E-state index contributed by atoms with van der Waals surface area (Å²) in [6.45, 7) is 3.15. The van der Waals surface area contributed by atoms with Crippen LogP contribution in [0.4, 0.5) is 0 Å². The van der Waals surface area contributed by atoms with Crippen LogP contribution < -0.4 is 11.1 Å². The quantitative estimate of drug-likeness (QED) is 0.737. The van der Waals surface area contributed by atoms with Crippen LogP contribution in [0.15, 0.2) is 29.2 Å². The first-order valence-corrected chi connectivity index (χ1v) is 6.43. The van der Waals surface area contributed by atoms with Crippen molar-refractivity contribution in [3.05, 3.63) is 29.8 Å². The summed E-state index contributed by atoms with van der Waals surface area (Å²) < 4.78 is 0. The van der Waals surface area contributed by atoms with E-state index in [0.29, 0.717) is 19.5 Å². The first kappa shape index (κ1) is 13.1. The molecule has 0 aliphatic heterocycles. The minimum atomic E-state index is 0.0290. The van der Waals surface area contributed by atoms with Crippen LogP contribution in [0.25, 0.3) is 0 Å². The van der Waals surface area contributed by atoms with E-state index >= 15 is 0 Å². The zero-order valence-electron chi connectivity index (χ0n) is 9.53. The summed E-state index contributed by atoms with van der Waals surface area (Å²) in [7, 11) is 0. The Balaban J connectivity index is 2.45. The summed E-state index contributed by atoms with van der Waals surface area (Å²) in [5.41, 5.74) is 6.34. The molecule has 4 heteroatoms. The van der Waals surface area contributed by atoms with E-state index < -0.39 is 0 Å². The van der Waals surface area contributed by atoms with Crippen LogP contribution in [0, 0.1) is 0 Å². The van der Waals surface area contributed by atoms with Crippen LogP contribution in [-0.4, -0.2) is 24.7 Å². The van der Waals surface area contributed by atoms with E-state index in [1.54, 1.807) is 11.8 Å². The molecule has 3 nitrogen and oxygen atoms in total. The van der Waals surface area contributed by atoms with Crippen LogP contribution in [-0.2, 0) is 11.2 Å². The van der Waals surface area contributed by atoms with Crippen LogP contribution in [0.2, 0.25) is 0 Å². The predicted molar refractivity (Wildman–Crippen MR) is 68.6 cm³/mol. The number of thioether (sulfide) groups is 1. The Morgan fingerprint density at radius 2 is 2.06 bits per heavy atom. The predicted octanol–water partition coefficient (Wildman–Crippen LogP) is 1.42. The normalized spacial score (nSPS) is 10.1. The van der Waals surface area contributed by atoms with E-state index in [1.807, 2.05) is 12.1 Å². The SMILES string of the molecule is CCSc1ccc(CC(=O)NCCN)cc1. The molecule has 0 unspecified atom stereocenters. The van der Waals surface area contributed by atoms with Gasteiger partial charge in [-0.2, -0.15) is 0 Å². The van der Waals surface area contributed by atoms with E-state index in [9.17, 15) is 4.79 Å². The summed E-state index contributed by atoms with van der Waals surface area (Å²) in [6.07, 6.45) is 0.428. The molecule has 0 atom stereocenters. The monoisotopic (exact) mass is 238 g/mol. The zero-order chi connectivity index (χ0) is 11.8. The highest BCUT2D eigenvalue weighted by atomic mass is 32.2.